The molecule has 2 saturated heterocycles. The zero-order valence-corrected chi connectivity index (χ0v) is 18.7. The second-order valence-electron chi connectivity index (χ2n) is 8.39. The first-order valence-corrected chi connectivity index (χ1v) is 11.3. The van der Waals surface area contributed by atoms with Crippen LogP contribution in [-0.4, -0.2) is 57.8 Å². The number of ether oxygens (including phenoxy) is 1. The van der Waals surface area contributed by atoms with Crippen LogP contribution in [0.25, 0.3) is 0 Å². The van der Waals surface area contributed by atoms with Gasteiger partial charge in [0.2, 0.25) is 17.8 Å². The second kappa shape index (κ2) is 9.02. The van der Waals surface area contributed by atoms with Gasteiger partial charge in [0.15, 0.2) is 0 Å². The van der Waals surface area contributed by atoms with Crippen LogP contribution < -0.4 is 19.9 Å². The molecule has 2 aromatic heterocycles. The molecule has 0 unspecified atom stereocenters. The Balaban J connectivity index is 1.52. The number of nitrogens with zero attached hydrogens (tertiary/aromatic N) is 7. The quantitative estimate of drug-likeness (QED) is 0.608. The summed E-state index contributed by atoms with van der Waals surface area (Å²) >= 11 is 0. The largest absolute Gasteiger partial charge is 0.497 e. The third-order valence-electron chi connectivity index (χ3n) is 6.23. The van der Waals surface area contributed by atoms with E-state index < -0.39 is 0 Å². The van der Waals surface area contributed by atoms with E-state index in [0.29, 0.717) is 5.95 Å². The maximum atomic E-state index is 5.34. The Morgan fingerprint density at radius 1 is 0.875 bits per heavy atom. The molecule has 1 aromatic carbocycles. The van der Waals surface area contributed by atoms with E-state index in [1.165, 1.54) is 25.7 Å². The van der Waals surface area contributed by atoms with E-state index in [1.807, 2.05) is 36.1 Å². The van der Waals surface area contributed by atoms with Crippen molar-refractivity contribution in [2.75, 3.05) is 48.4 Å². The number of aromatic nitrogens is 5. The lowest BCUT2D eigenvalue weighted by molar-refractivity contribution is 0.414. The summed E-state index contributed by atoms with van der Waals surface area (Å²) in [4.78, 5) is 23.6. The Morgan fingerprint density at radius 3 is 1.97 bits per heavy atom. The normalized spacial score (nSPS) is 17.1. The molecule has 1 N–H and O–H groups in total. The monoisotopic (exact) mass is 434 g/mol. The summed E-state index contributed by atoms with van der Waals surface area (Å²) in [5.74, 6) is 3.80. The first-order valence-electron chi connectivity index (χ1n) is 11.3. The number of nitrogens with one attached hydrogen (secondary N) is 1. The molecule has 0 bridgehead atoms. The van der Waals surface area contributed by atoms with Crippen LogP contribution >= 0.6 is 0 Å². The molecule has 168 valence electrons. The fourth-order valence-corrected chi connectivity index (χ4v) is 4.41. The van der Waals surface area contributed by atoms with E-state index in [2.05, 4.69) is 32.2 Å². The van der Waals surface area contributed by atoms with Crippen LogP contribution in [-0.2, 0) is 7.05 Å². The molecule has 0 saturated carbocycles. The molecule has 0 radical (unpaired) electrons. The van der Waals surface area contributed by atoms with Gasteiger partial charge in [0.1, 0.15) is 17.6 Å². The van der Waals surface area contributed by atoms with E-state index in [0.717, 1.165) is 55.2 Å². The first-order chi connectivity index (χ1) is 15.7. The summed E-state index contributed by atoms with van der Waals surface area (Å²) < 4.78 is 7.36. The van der Waals surface area contributed by atoms with Gasteiger partial charge in [-0.2, -0.15) is 15.0 Å². The number of benzene rings is 1. The molecular weight excluding hydrogens is 404 g/mol. The van der Waals surface area contributed by atoms with E-state index in [4.69, 9.17) is 19.7 Å². The van der Waals surface area contributed by atoms with Gasteiger partial charge in [-0.1, -0.05) is 12.1 Å². The summed E-state index contributed by atoms with van der Waals surface area (Å²) in [5, 5.41) is 3.56. The Labute approximate surface area is 188 Å². The van der Waals surface area contributed by atoms with Crippen molar-refractivity contribution < 1.29 is 4.74 Å². The molecular formula is C23H30N8O. The fraction of sp³-hybridized carbons (Fsp3) is 0.478. The lowest BCUT2D eigenvalue weighted by Crippen LogP contribution is -2.27. The van der Waals surface area contributed by atoms with Crippen LogP contribution in [0.2, 0.25) is 0 Å². The molecule has 5 rings (SSSR count). The SMILES string of the molecule is COc1ccc([C@@H](Nc2nc(N3CCCC3)nc(N3CCCC3)n2)c2nccn2C)cc1. The van der Waals surface area contributed by atoms with Gasteiger partial charge in [-0.15, -0.1) is 0 Å². The maximum absolute atomic E-state index is 5.34. The highest BCUT2D eigenvalue weighted by atomic mass is 16.5. The van der Waals surface area contributed by atoms with Crippen molar-refractivity contribution in [3.8, 4) is 5.75 Å². The fourth-order valence-electron chi connectivity index (χ4n) is 4.41. The van der Waals surface area contributed by atoms with Gasteiger partial charge < -0.3 is 24.4 Å². The summed E-state index contributed by atoms with van der Waals surface area (Å²) in [6.07, 6.45) is 8.47. The number of hydrogen-bond donors (Lipinski definition) is 1. The van der Waals surface area contributed by atoms with Gasteiger partial charge in [0.25, 0.3) is 0 Å². The van der Waals surface area contributed by atoms with Crippen LogP contribution in [0.5, 0.6) is 5.75 Å². The number of hydrogen-bond acceptors (Lipinski definition) is 8. The van der Waals surface area contributed by atoms with Crippen molar-refractivity contribution in [2.45, 2.75) is 31.7 Å². The average Bonchev–Trinajstić information content (AvgIpc) is 3.61. The molecule has 2 aliphatic rings. The van der Waals surface area contributed by atoms with Gasteiger partial charge in [-0.05, 0) is 43.4 Å². The zero-order valence-electron chi connectivity index (χ0n) is 18.7. The van der Waals surface area contributed by atoms with Gasteiger partial charge in [0.05, 0.1) is 7.11 Å². The van der Waals surface area contributed by atoms with Crippen LogP contribution in [0.4, 0.5) is 17.8 Å². The molecule has 32 heavy (non-hydrogen) atoms. The Kier molecular flexibility index (Phi) is 5.79. The van der Waals surface area contributed by atoms with Crippen molar-refractivity contribution in [1.29, 1.82) is 0 Å². The van der Waals surface area contributed by atoms with Gasteiger partial charge in [0, 0.05) is 45.6 Å². The van der Waals surface area contributed by atoms with Crippen molar-refractivity contribution in [2.24, 2.45) is 7.05 Å². The van der Waals surface area contributed by atoms with Crippen molar-refractivity contribution in [3.63, 3.8) is 0 Å². The summed E-state index contributed by atoms with van der Waals surface area (Å²) in [6.45, 7) is 3.96. The van der Waals surface area contributed by atoms with Crippen molar-refractivity contribution >= 4 is 17.8 Å². The average molecular weight is 435 g/mol. The summed E-state index contributed by atoms with van der Waals surface area (Å²) in [6, 6.07) is 7.82. The summed E-state index contributed by atoms with van der Waals surface area (Å²) in [7, 11) is 3.67. The molecule has 3 aromatic rings. The Morgan fingerprint density at radius 2 is 1.47 bits per heavy atom. The number of aryl methyl sites for hydroxylation is 1. The van der Waals surface area contributed by atoms with Crippen LogP contribution in [0.15, 0.2) is 36.7 Å². The highest BCUT2D eigenvalue weighted by molar-refractivity contribution is 5.48. The number of methoxy groups -OCH3 is 1. The second-order valence-corrected chi connectivity index (χ2v) is 8.39. The zero-order chi connectivity index (χ0) is 21.9. The van der Waals surface area contributed by atoms with Crippen LogP contribution in [0, 0.1) is 0 Å². The number of anilines is 3. The molecule has 9 heteroatoms. The molecule has 9 nitrogen and oxygen atoms in total. The van der Waals surface area contributed by atoms with E-state index in [-0.39, 0.29) is 6.04 Å². The molecule has 0 spiro atoms. The van der Waals surface area contributed by atoms with Crippen LogP contribution in [0.1, 0.15) is 43.1 Å². The van der Waals surface area contributed by atoms with E-state index in [9.17, 15) is 0 Å². The van der Waals surface area contributed by atoms with E-state index >= 15 is 0 Å². The third-order valence-corrected chi connectivity index (χ3v) is 6.23. The van der Waals surface area contributed by atoms with Gasteiger partial charge in [-0.25, -0.2) is 4.98 Å². The molecule has 4 heterocycles. The van der Waals surface area contributed by atoms with Crippen molar-refractivity contribution in [1.82, 2.24) is 24.5 Å². The maximum Gasteiger partial charge on any atom is 0.231 e. The summed E-state index contributed by atoms with van der Waals surface area (Å²) in [5.41, 5.74) is 1.06. The molecule has 1 atom stereocenters. The minimum Gasteiger partial charge on any atom is -0.497 e. The smallest absolute Gasteiger partial charge is 0.231 e. The highest BCUT2D eigenvalue weighted by Crippen LogP contribution is 2.28. The lowest BCUT2D eigenvalue weighted by Gasteiger charge is -2.23. The standard InChI is InChI=1S/C23H30N8O/c1-29-16-11-24-20(29)19(17-7-9-18(32-2)10-8-17)25-21-26-22(30-12-3-4-13-30)28-23(27-21)31-14-5-6-15-31/h7-11,16,19H,3-6,12-15H2,1-2H3,(H,25,26,27,28)/t19-/m1/s1. The van der Waals surface area contributed by atoms with E-state index in [1.54, 1.807) is 7.11 Å². The lowest BCUT2D eigenvalue weighted by atomic mass is 10.1. The van der Waals surface area contributed by atoms with Gasteiger partial charge >= 0.3 is 0 Å². The molecule has 0 aliphatic carbocycles. The Hall–Kier alpha value is -3.36. The highest BCUT2D eigenvalue weighted by Gasteiger charge is 2.24. The Bertz CT molecular complexity index is 1000. The predicted molar refractivity (Wildman–Crippen MR) is 124 cm³/mol. The third kappa shape index (κ3) is 4.19. The first kappa shape index (κ1) is 20.5. The van der Waals surface area contributed by atoms with Gasteiger partial charge in [-0.3, -0.25) is 0 Å². The molecule has 2 aliphatic heterocycles. The number of imidazole rings is 1. The molecule has 0 amide bonds. The minimum absolute atomic E-state index is 0.207. The molecule has 2 fully saturated rings. The number of rotatable bonds is 7. The minimum atomic E-state index is -0.207. The van der Waals surface area contributed by atoms with Crippen molar-refractivity contribution in [3.05, 3.63) is 48.0 Å². The topological polar surface area (TPSA) is 84.2 Å². The predicted octanol–water partition coefficient (Wildman–Crippen LogP) is 3.02. The van der Waals surface area contributed by atoms with Crippen LogP contribution in [0.3, 0.4) is 0 Å².